The Balaban J connectivity index is 2.11. The Kier molecular flexibility index (Phi) is 6.67. The fraction of sp³-hybridized carbons (Fsp3) is 0.350. The zero-order valence-electron chi connectivity index (χ0n) is 14.6. The number of ether oxygens (including phenoxy) is 2. The lowest BCUT2D eigenvalue weighted by Gasteiger charge is -2.13. The summed E-state index contributed by atoms with van der Waals surface area (Å²) in [6, 6.07) is 13.3. The zero-order valence-corrected chi connectivity index (χ0v) is 14.6. The standard InChI is InChI=1S/C20H25NO3/c1-4-5-12-21-20(22)16-10-11-19(23-3)17(13-16)14-24-18-9-7-6-8-15(18)2/h6-11,13H,4-5,12,14H2,1-3H3,(H,21,22). The summed E-state index contributed by atoms with van der Waals surface area (Å²) in [5.74, 6) is 1.48. The number of methoxy groups -OCH3 is 1. The molecule has 0 aliphatic rings. The van der Waals surface area contributed by atoms with Crippen molar-refractivity contribution in [2.24, 2.45) is 0 Å². The van der Waals surface area contributed by atoms with Gasteiger partial charge in [0.2, 0.25) is 0 Å². The molecule has 0 heterocycles. The number of hydrogen-bond acceptors (Lipinski definition) is 3. The van der Waals surface area contributed by atoms with Gasteiger partial charge in [0.25, 0.3) is 5.91 Å². The molecule has 0 radical (unpaired) electrons. The predicted octanol–water partition coefficient (Wildman–Crippen LogP) is 4.11. The van der Waals surface area contributed by atoms with Gasteiger partial charge in [-0.05, 0) is 43.2 Å². The summed E-state index contributed by atoms with van der Waals surface area (Å²) in [5, 5.41) is 2.93. The number of para-hydroxylation sites is 1. The average molecular weight is 327 g/mol. The van der Waals surface area contributed by atoms with Crippen LogP contribution in [0.15, 0.2) is 42.5 Å². The third-order valence-corrected chi connectivity index (χ3v) is 3.84. The summed E-state index contributed by atoms with van der Waals surface area (Å²) in [4.78, 5) is 12.2. The second kappa shape index (κ2) is 8.96. The number of carbonyl (C=O) groups is 1. The van der Waals surface area contributed by atoms with Crippen molar-refractivity contribution in [1.82, 2.24) is 5.32 Å². The van der Waals surface area contributed by atoms with Crippen molar-refractivity contribution in [3.05, 3.63) is 59.2 Å². The molecule has 1 N–H and O–H groups in total. The number of hydrogen-bond donors (Lipinski definition) is 1. The highest BCUT2D eigenvalue weighted by Gasteiger charge is 2.11. The average Bonchev–Trinajstić information content (AvgIpc) is 2.61. The minimum absolute atomic E-state index is 0.0664. The van der Waals surface area contributed by atoms with Crippen molar-refractivity contribution in [3.8, 4) is 11.5 Å². The van der Waals surface area contributed by atoms with Gasteiger partial charge in [0, 0.05) is 17.7 Å². The largest absolute Gasteiger partial charge is 0.496 e. The first-order valence-corrected chi connectivity index (χ1v) is 8.29. The molecular weight excluding hydrogens is 302 g/mol. The molecule has 4 nitrogen and oxygen atoms in total. The molecule has 0 spiro atoms. The molecule has 0 aliphatic heterocycles. The third kappa shape index (κ3) is 4.75. The maximum atomic E-state index is 12.2. The van der Waals surface area contributed by atoms with Crippen LogP contribution in [-0.4, -0.2) is 19.6 Å². The van der Waals surface area contributed by atoms with Crippen molar-refractivity contribution in [2.45, 2.75) is 33.3 Å². The molecule has 0 bridgehead atoms. The van der Waals surface area contributed by atoms with E-state index in [0.29, 0.717) is 24.5 Å². The van der Waals surface area contributed by atoms with Crippen LogP contribution in [0.25, 0.3) is 0 Å². The van der Waals surface area contributed by atoms with Crippen LogP contribution < -0.4 is 14.8 Å². The highest BCUT2D eigenvalue weighted by molar-refractivity contribution is 5.94. The molecule has 4 heteroatoms. The summed E-state index contributed by atoms with van der Waals surface area (Å²) in [6.07, 6.45) is 2.03. The van der Waals surface area contributed by atoms with Gasteiger partial charge in [0.1, 0.15) is 18.1 Å². The Morgan fingerprint density at radius 2 is 1.92 bits per heavy atom. The molecule has 0 saturated carbocycles. The lowest BCUT2D eigenvalue weighted by atomic mass is 10.1. The maximum Gasteiger partial charge on any atom is 0.251 e. The number of nitrogens with one attached hydrogen (secondary N) is 1. The van der Waals surface area contributed by atoms with Gasteiger partial charge in [0.15, 0.2) is 0 Å². The molecule has 0 aromatic heterocycles. The van der Waals surface area contributed by atoms with E-state index in [-0.39, 0.29) is 5.91 Å². The number of unbranched alkanes of at least 4 members (excludes halogenated alkanes) is 1. The van der Waals surface area contributed by atoms with E-state index in [4.69, 9.17) is 9.47 Å². The number of benzene rings is 2. The fourth-order valence-electron chi connectivity index (χ4n) is 2.39. The Morgan fingerprint density at radius 3 is 2.62 bits per heavy atom. The van der Waals surface area contributed by atoms with Gasteiger partial charge in [-0.15, -0.1) is 0 Å². The second-order valence-electron chi connectivity index (χ2n) is 5.69. The van der Waals surface area contributed by atoms with E-state index in [1.165, 1.54) is 0 Å². The molecule has 0 fully saturated rings. The quantitative estimate of drug-likeness (QED) is 0.742. The normalized spacial score (nSPS) is 10.3. The van der Waals surface area contributed by atoms with Crippen molar-refractivity contribution in [3.63, 3.8) is 0 Å². The van der Waals surface area contributed by atoms with Crippen LogP contribution in [-0.2, 0) is 6.61 Å². The molecule has 0 saturated heterocycles. The van der Waals surface area contributed by atoms with Crippen LogP contribution in [0.5, 0.6) is 11.5 Å². The molecule has 2 aromatic carbocycles. The van der Waals surface area contributed by atoms with E-state index in [0.717, 1.165) is 29.7 Å². The molecule has 0 aliphatic carbocycles. The van der Waals surface area contributed by atoms with Gasteiger partial charge in [-0.3, -0.25) is 4.79 Å². The van der Waals surface area contributed by atoms with Gasteiger partial charge in [0.05, 0.1) is 7.11 Å². The van der Waals surface area contributed by atoms with Gasteiger partial charge < -0.3 is 14.8 Å². The minimum atomic E-state index is -0.0664. The minimum Gasteiger partial charge on any atom is -0.496 e. The van der Waals surface area contributed by atoms with Crippen LogP contribution >= 0.6 is 0 Å². The molecule has 2 rings (SSSR count). The monoisotopic (exact) mass is 327 g/mol. The molecule has 1 amide bonds. The van der Waals surface area contributed by atoms with Crippen molar-refractivity contribution >= 4 is 5.91 Å². The first-order valence-electron chi connectivity index (χ1n) is 8.29. The van der Waals surface area contributed by atoms with E-state index in [2.05, 4.69) is 12.2 Å². The van der Waals surface area contributed by atoms with Gasteiger partial charge in [-0.25, -0.2) is 0 Å². The van der Waals surface area contributed by atoms with Crippen molar-refractivity contribution < 1.29 is 14.3 Å². The first-order chi connectivity index (χ1) is 11.7. The van der Waals surface area contributed by atoms with Gasteiger partial charge >= 0.3 is 0 Å². The molecule has 0 atom stereocenters. The van der Waals surface area contributed by atoms with Gasteiger partial charge in [-0.2, -0.15) is 0 Å². The van der Waals surface area contributed by atoms with Crippen LogP contribution in [0.2, 0.25) is 0 Å². The lowest BCUT2D eigenvalue weighted by Crippen LogP contribution is -2.24. The molecular formula is C20H25NO3. The number of carbonyl (C=O) groups excluding carboxylic acids is 1. The highest BCUT2D eigenvalue weighted by atomic mass is 16.5. The zero-order chi connectivity index (χ0) is 17.4. The lowest BCUT2D eigenvalue weighted by molar-refractivity contribution is 0.0953. The Bertz CT molecular complexity index is 682. The summed E-state index contributed by atoms with van der Waals surface area (Å²) >= 11 is 0. The fourth-order valence-corrected chi connectivity index (χ4v) is 2.39. The first kappa shape index (κ1) is 17.9. The molecule has 24 heavy (non-hydrogen) atoms. The smallest absolute Gasteiger partial charge is 0.251 e. The van der Waals surface area contributed by atoms with Crippen LogP contribution in [0.3, 0.4) is 0 Å². The summed E-state index contributed by atoms with van der Waals surface area (Å²) in [7, 11) is 1.62. The van der Waals surface area contributed by atoms with E-state index in [1.807, 2.05) is 43.3 Å². The molecule has 0 unspecified atom stereocenters. The van der Waals surface area contributed by atoms with Crippen LogP contribution in [0.1, 0.15) is 41.3 Å². The Hall–Kier alpha value is -2.49. The van der Waals surface area contributed by atoms with E-state index in [1.54, 1.807) is 13.2 Å². The number of rotatable bonds is 8. The second-order valence-corrected chi connectivity index (χ2v) is 5.69. The summed E-state index contributed by atoms with van der Waals surface area (Å²) < 4.78 is 11.3. The Labute approximate surface area is 143 Å². The predicted molar refractivity (Wildman–Crippen MR) is 95.7 cm³/mol. The number of amides is 1. The highest BCUT2D eigenvalue weighted by Crippen LogP contribution is 2.23. The van der Waals surface area contributed by atoms with Crippen LogP contribution in [0.4, 0.5) is 0 Å². The SMILES string of the molecule is CCCCNC(=O)c1ccc(OC)c(COc2ccccc2C)c1. The number of aryl methyl sites for hydroxylation is 1. The topological polar surface area (TPSA) is 47.6 Å². The summed E-state index contributed by atoms with van der Waals surface area (Å²) in [5.41, 5.74) is 2.55. The van der Waals surface area contributed by atoms with Crippen molar-refractivity contribution in [2.75, 3.05) is 13.7 Å². The third-order valence-electron chi connectivity index (χ3n) is 3.84. The van der Waals surface area contributed by atoms with E-state index in [9.17, 15) is 4.79 Å². The Morgan fingerprint density at radius 1 is 1.12 bits per heavy atom. The van der Waals surface area contributed by atoms with E-state index >= 15 is 0 Å². The van der Waals surface area contributed by atoms with Crippen LogP contribution in [0, 0.1) is 6.92 Å². The van der Waals surface area contributed by atoms with Crippen molar-refractivity contribution in [1.29, 1.82) is 0 Å². The summed E-state index contributed by atoms with van der Waals surface area (Å²) in [6.45, 7) is 5.14. The van der Waals surface area contributed by atoms with E-state index < -0.39 is 0 Å². The molecule has 128 valence electrons. The molecule has 2 aromatic rings. The maximum absolute atomic E-state index is 12.2. The van der Waals surface area contributed by atoms with Gasteiger partial charge in [-0.1, -0.05) is 31.5 Å².